The van der Waals surface area contributed by atoms with Crippen LogP contribution in [0.5, 0.6) is 0 Å². The third kappa shape index (κ3) is 3.64. The molecule has 10 heteroatoms. The lowest BCUT2D eigenvalue weighted by Crippen LogP contribution is -2.40. The van der Waals surface area contributed by atoms with E-state index in [1.54, 1.807) is 48.5 Å². The Labute approximate surface area is 193 Å². The van der Waals surface area contributed by atoms with E-state index in [-0.39, 0.29) is 22.7 Å². The summed E-state index contributed by atoms with van der Waals surface area (Å²) in [6.07, 6.45) is 0. The molecule has 0 saturated carbocycles. The van der Waals surface area contributed by atoms with Gasteiger partial charge < -0.3 is 25.2 Å². The first kappa shape index (κ1) is 21.9. The van der Waals surface area contributed by atoms with Gasteiger partial charge in [0.15, 0.2) is 4.77 Å². The van der Waals surface area contributed by atoms with Crippen LogP contribution in [0.2, 0.25) is 0 Å². The number of anilines is 1. The van der Waals surface area contributed by atoms with E-state index in [1.165, 1.54) is 19.1 Å². The molecular formula is C23H19N5O4S. The summed E-state index contributed by atoms with van der Waals surface area (Å²) in [7, 11) is 2.41. The molecule has 166 valence electrons. The number of carbonyl (C=O) groups excluding carboxylic acids is 2. The fraction of sp³-hybridized carbons (Fsp3) is 0.130. The highest BCUT2D eigenvalue weighted by Gasteiger charge is 2.43. The Kier molecular flexibility index (Phi) is 5.72. The molecule has 2 heterocycles. The van der Waals surface area contributed by atoms with E-state index in [4.69, 9.17) is 27.4 Å². The number of aromatic nitrogens is 2. The molecule has 0 bridgehead atoms. The van der Waals surface area contributed by atoms with Gasteiger partial charge in [0.1, 0.15) is 11.5 Å². The predicted molar refractivity (Wildman–Crippen MR) is 123 cm³/mol. The van der Waals surface area contributed by atoms with Crippen molar-refractivity contribution in [3.63, 3.8) is 0 Å². The molecule has 0 aliphatic carbocycles. The third-order valence-corrected chi connectivity index (χ3v) is 5.57. The molecule has 9 nitrogen and oxygen atoms in total. The van der Waals surface area contributed by atoms with Crippen molar-refractivity contribution >= 4 is 40.9 Å². The van der Waals surface area contributed by atoms with E-state index in [0.29, 0.717) is 21.5 Å². The van der Waals surface area contributed by atoms with Gasteiger partial charge in [-0.25, -0.2) is 9.59 Å². The second-order valence-corrected chi connectivity index (χ2v) is 7.55. The average Bonchev–Trinajstić information content (AvgIpc) is 3.21. The van der Waals surface area contributed by atoms with E-state index in [0.717, 1.165) is 5.52 Å². The van der Waals surface area contributed by atoms with Crippen LogP contribution < -0.4 is 10.6 Å². The number of hydrogen-bond acceptors (Lipinski definition) is 8. The van der Waals surface area contributed by atoms with Gasteiger partial charge >= 0.3 is 11.9 Å². The number of nitriles is 1. The number of H-pyrrole nitrogens is 2. The van der Waals surface area contributed by atoms with Crippen LogP contribution in [0.3, 0.4) is 0 Å². The van der Waals surface area contributed by atoms with Crippen molar-refractivity contribution in [3.8, 4) is 6.07 Å². The molecule has 4 rings (SSSR count). The number of imidazole rings is 1. The number of nitrogens with two attached hydrogens (primary N) is 1. The number of aromatic amines is 2. The minimum atomic E-state index is -0.921. The second kappa shape index (κ2) is 8.64. The van der Waals surface area contributed by atoms with Gasteiger partial charge in [0, 0.05) is 0 Å². The summed E-state index contributed by atoms with van der Waals surface area (Å²) in [4.78, 5) is 33.4. The highest BCUT2D eigenvalue weighted by molar-refractivity contribution is 7.71. The molecule has 1 aromatic heterocycles. The van der Waals surface area contributed by atoms with E-state index in [9.17, 15) is 14.9 Å². The number of ether oxygens (including phenoxy) is 2. The number of nitrogens with zero attached hydrogens (tertiary/aromatic N) is 2. The van der Waals surface area contributed by atoms with Gasteiger partial charge in [-0.1, -0.05) is 30.3 Å². The fourth-order valence-corrected chi connectivity index (χ4v) is 4.16. The molecular weight excluding hydrogens is 442 g/mol. The topological polar surface area (TPSA) is 137 Å². The second-order valence-electron chi connectivity index (χ2n) is 7.14. The summed E-state index contributed by atoms with van der Waals surface area (Å²) in [5.41, 5.74) is 8.80. The molecule has 0 fully saturated rings. The number of rotatable bonds is 4. The summed E-state index contributed by atoms with van der Waals surface area (Å²) in [6.45, 7) is 0. The molecule has 0 spiro atoms. The maximum atomic E-state index is 13.0. The van der Waals surface area contributed by atoms with E-state index < -0.39 is 17.9 Å². The molecule has 3 aromatic rings. The zero-order valence-corrected chi connectivity index (χ0v) is 18.5. The van der Waals surface area contributed by atoms with Crippen LogP contribution in [0.15, 0.2) is 71.2 Å². The van der Waals surface area contributed by atoms with Crippen molar-refractivity contribution in [2.24, 2.45) is 5.73 Å². The molecule has 4 N–H and O–H groups in total. The molecule has 1 aliphatic heterocycles. The highest BCUT2D eigenvalue weighted by Crippen LogP contribution is 2.43. The maximum absolute atomic E-state index is 13.0. The monoisotopic (exact) mass is 461 g/mol. The first-order chi connectivity index (χ1) is 15.9. The minimum Gasteiger partial charge on any atom is -0.466 e. The number of methoxy groups -OCH3 is 2. The van der Waals surface area contributed by atoms with Gasteiger partial charge in [-0.15, -0.1) is 0 Å². The summed E-state index contributed by atoms with van der Waals surface area (Å²) < 4.78 is 10.5. The normalized spacial score (nSPS) is 16.0. The third-order valence-electron chi connectivity index (χ3n) is 5.37. The number of hydrogen-bond donors (Lipinski definition) is 3. The van der Waals surface area contributed by atoms with Crippen molar-refractivity contribution in [2.75, 3.05) is 19.1 Å². The van der Waals surface area contributed by atoms with E-state index >= 15 is 0 Å². The van der Waals surface area contributed by atoms with Crippen molar-refractivity contribution in [3.05, 3.63) is 81.5 Å². The Morgan fingerprint density at radius 1 is 1.06 bits per heavy atom. The molecule has 1 unspecified atom stereocenters. The predicted octanol–water partition coefficient (Wildman–Crippen LogP) is 3.12. The lowest BCUT2D eigenvalue weighted by Gasteiger charge is -2.35. The summed E-state index contributed by atoms with van der Waals surface area (Å²) in [6, 6.07) is 16.1. The van der Waals surface area contributed by atoms with Gasteiger partial charge in [0.05, 0.1) is 54.1 Å². The number of fused-ring (bicyclic) bond motifs is 1. The van der Waals surface area contributed by atoms with Gasteiger partial charge in [-0.05, 0) is 36.0 Å². The quantitative estimate of drug-likeness (QED) is 0.398. The molecule has 0 saturated heterocycles. The Morgan fingerprint density at radius 2 is 1.73 bits per heavy atom. The fourth-order valence-electron chi connectivity index (χ4n) is 3.94. The van der Waals surface area contributed by atoms with Crippen LogP contribution in [-0.4, -0.2) is 36.1 Å². The Hall–Kier alpha value is -4.36. The van der Waals surface area contributed by atoms with Crippen LogP contribution in [0, 0.1) is 16.1 Å². The van der Waals surface area contributed by atoms with Gasteiger partial charge in [0.25, 0.3) is 0 Å². The Morgan fingerprint density at radius 3 is 2.36 bits per heavy atom. The van der Waals surface area contributed by atoms with Crippen LogP contribution in [0.25, 0.3) is 11.0 Å². The van der Waals surface area contributed by atoms with Gasteiger partial charge in [0.2, 0.25) is 0 Å². The van der Waals surface area contributed by atoms with E-state index in [1.807, 2.05) is 0 Å². The number of nitrogens with one attached hydrogen (secondary N) is 2. The van der Waals surface area contributed by atoms with Crippen LogP contribution in [0.4, 0.5) is 5.69 Å². The molecule has 2 aromatic carbocycles. The average molecular weight is 462 g/mol. The summed E-state index contributed by atoms with van der Waals surface area (Å²) >= 11 is 5.15. The number of allylic oxidation sites excluding steroid dienone is 1. The summed E-state index contributed by atoms with van der Waals surface area (Å²) in [5, 5.41) is 10.1. The van der Waals surface area contributed by atoms with Crippen LogP contribution >= 0.6 is 12.2 Å². The lowest BCUT2D eigenvalue weighted by molar-refractivity contribution is -0.139. The summed E-state index contributed by atoms with van der Waals surface area (Å²) in [5.74, 6) is -2.52. The highest BCUT2D eigenvalue weighted by atomic mass is 32.1. The molecule has 33 heavy (non-hydrogen) atoms. The van der Waals surface area contributed by atoms with Crippen LogP contribution in [-0.2, 0) is 19.1 Å². The smallest absolute Gasteiger partial charge is 0.355 e. The maximum Gasteiger partial charge on any atom is 0.355 e. The number of esters is 2. The SMILES string of the molecule is COC(=O)C1=C(C(=O)OC)N(c2ccc3[nH]c(=S)[nH]c3c2)C(N)=C(C#N)C1c1ccccc1. The standard InChI is InChI=1S/C23H19N5O4S/c1-31-21(29)18-17(12-6-4-3-5-7-12)14(11-24)20(25)28(19(18)22(30)32-2)13-8-9-15-16(10-13)27-23(33)26-15/h3-10,17H,25H2,1-2H3,(H2,26,27,33). The zero-order chi connectivity index (χ0) is 23.7. The lowest BCUT2D eigenvalue weighted by atomic mass is 9.81. The van der Waals surface area contributed by atoms with Gasteiger partial charge in [-0.2, -0.15) is 5.26 Å². The van der Waals surface area contributed by atoms with Crippen molar-refractivity contribution < 1.29 is 19.1 Å². The Balaban J connectivity index is 2.07. The zero-order valence-electron chi connectivity index (χ0n) is 17.7. The largest absolute Gasteiger partial charge is 0.466 e. The minimum absolute atomic E-state index is 0.00658. The molecule has 1 atom stereocenters. The van der Waals surface area contributed by atoms with Crippen molar-refractivity contribution in [1.82, 2.24) is 9.97 Å². The first-order valence-electron chi connectivity index (χ1n) is 9.78. The van der Waals surface area contributed by atoms with Crippen molar-refractivity contribution in [1.29, 1.82) is 5.26 Å². The number of carbonyl (C=O) groups is 2. The first-order valence-corrected chi connectivity index (χ1v) is 10.2. The van der Waals surface area contributed by atoms with E-state index in [2.05, 4.69) is 16.0 Å². The van der Waals surface area contributed by atoms with Crippen LogP contribution in [0.1, 0.15) is 11.5 Å². The molecule has 0 amide bonds. The number of benzene rings is 2. The van der Waals surface area contributed by atoms with Gasteiger partial charge in [-0.3, -0.25) is 4.90 Å². The molecule has 1 aliphatic rings. The Bertz CT molecular complexity index is 1430. The molecule has 0 radical (unpaired) electrons. The van der Waals surface area contributed by atoms with Crippen molar-refractivity contribution in [2.45, 2.75) is 5.92 Å².